The van der Waals surface area contributed by atoms with Crippen LogP contribution in [0.1, 0.15) is 53.5 Å². The first-order valence-electron chi connectivity index (χ1n) is 14.9. The summed E-state index contributed by atoms with van der Waals surface area (Å²) in [5, 5.41) is 0. The van der Waals surface area contributed by atoms with Crippen LogP contribution in [0.2, 0.25) is 0 Å². The van der Waals surface area contributed by atoms with Crippen molar-refractivity contribution in [1.29, 1.82) is 0 Å². The monoisotopic (exact) mass is 561 g/mol. The van der Waals surface area contributed by atoms with Crippen molar-refractivity contribution in [2.75, 3.05) is 32.2 Å². The third kappa shape index (κ3) is 6.40. The number of piperidine rings is 1. The van der Waals surface area contributed by atoms with Crippen molar-refractivity contribution in [3.05, 3.63) is 119 Å². The Morgan fingerprint density at radius 2 is 1.50 bits per heavy atom. The maximum absolute atomic E-state index is 6.17. The van der Waals surface area contributed by atoms with Gasteiger partial charge in [-0.05, 0) is 77.1 Å². The van der Waals surface area contributed by atoms with E-state index in [2.05, 4.69) is 65.6 Å². The van der Waals surface area contributed by atoms with Gasteiger partial charge in [0.1, 0.15) is 12.4 Å². The normalized spacial score (nSPS) is 15.6. The van der Waals surface area contributed by atoms with Crippen molar-refractivity contribution in [3.8, 4) is 5.75 Å². The molecule has 6 rings (SSSR count). The van der Waals surface area contributed by atoms with E-state index in [1.165, 1.54) is 27.8 Å². The van der Waals surface area contributed by atoms with Gasteiger partial charge < -0.3 is 19.1 Å². The first kappa shape index (κ1) is 28.1. The van der Waals surface area contributed by atoms with Gasteiger partial charge in [-0.1, -0.05) is 66.7 Å². The second-order valence-electron chi connectivity index (χ2n) is 11.2. The highest BCUT2D eigenvalue weighted by molar-refractivity contribution is 6.00. The Balaban J connectivity index is 1.24. The van der Waals surface area contributed by atoms with Crippen molar-refractivity contribution < 1.29 is 14.2 Å². The lowest BCUT2D eigenvalue weighted by molar-refractivity contribution is -0.115. The average Bonchev–Trinajstić information content (AvgIpc) is 3.07. The van der Waals surface area contributed by atoms with E-state index in [9.17, 15) is 0 Å². The molecule has 2 heterocycles. The van der Waals surface area contributed by atoms with E-state index in [0.29, 0.717) is 12.5 Å². The van der Waals surface area contributed by atoms with E-state index in [4.69, 9.17) is 24.2 Å². The largest absolute Gasteiger partial charge is 0.489 e. The molecule has 1 aliphatic carbocycles. The minimum atomic E-state index is -0.131. The van der Waals surface area contributed by atoms with Crippen molar-refractivity contribution in [1.82, 2.24) is 9.97 Å². The lowest BCUT2D eigenvalue weighted by Crippen LogP contribution is -2.36. The molecule has 0 saturated carbocycles. The van der Waals surface area contributed by atoms with Gasteiger partial charge in [0.15, 0.2) is 6.29 Å². The molecule has 0 atom stereocenters. The van der Waals surface area contributed by atoms with E-state index in [0.717, 1.165) is 68.0 Å². The van der Waals surface area contributed by atoms with Gasteiger partial charge >= 0.3 is 0 Å². The van der Waals surface area contributed by atoms with E-state index < -0.39 is 0 Å². The van der Waals surface area contributed by atoms with Crippen LogP contribution in [0.4, 0.5) is 5.95 Å². The van der Waals surface area contributed by atoms with Crippen LogP contribution in [0.15, 0.2) is 91.3 Å². The van der Waals surface area contributed by atoms with Crippen LogP contribution in [0.25, 0.3) is 11.1 Å². The van der Waals surface area contributed by atoms with Gasteiger partial charge in [0.05, 0.1) is 0 Å². The number of allylic oxidation sites excluding steroid dienone is 1. The van der Waals surface area contributed by atoms with Crippen molar-refractivity contribution in [2.24, 2.45) is 5.92 Å². The zero-order valence-corrected chi connectivity index (χ0v) is 24.5. The van der Waals surface area contributed by atoms with Gasteiger partial charge in [-0.15, -0.1) is 0 Å². The number of ether oxygens (including phenoxy) is 3. The minimum Gasteiger partial charge on any atom is -0.489 e. The fraction of sp³-hybridized carbons (Fsp3) is 0.333. The van der Waals surface area contributed by atoms with Crippen LogP contribution in [0.3, 0.4) is 0 Å². The molecule has 6 nitrogen and oxygen atoms in total. The maximum atomic E-state index is 6.17. The van der Waals surface area contributed by atoms with Gasteiger partial charge in [-0.25, -0.2) is 9.97 Å². The number of benzene rings is 3. The fourth-order valence-electron chi connectivity index (χ4n) is 6.20. The van der Waals surface area contributed by atoms with Crippen LogP contribution < -0.4 is 9.64 Å². The Morgan fingerprint density at radius 1 is 0.810 bits per heavy atom. The van der Waals surface area contributed by atoms with Gasteiger partial charge in [-0.2, -0.15) is 0 Å². The second kappa shape index (κ2) is 13.3. The predicted octanol–water partition coefficient (Wildman–Crippen LogP) is 7.19. The van der Waals surface area contributed by atoms with E-state index in [-0.39, 0.29) is 6.29 Å². The molecule has 4 aromatic rings. The van der Waals surface area contributed by atoms with Gasteiger partial charge in [-0.3, -0.25) is 0 Å². The Kier molecular flexibility index (Phi) is 8.92. The smallest absolute Gasteiger partial charge is 0.225 e. The van der Waals surface area contributed by atoms with Gasteiger partial charge in [0.25, 0.3) is 0 Å². The molecule has 42 heavy (non-hydrogen) atoms. The SMILES string of the molecule is COC(CC1CCN(c2ncc(C3=C(c4ccccc4)CCc4cc(OCc5ccccc5)ccc43)cn2)CC1)OC. The van der Waals surface area contributed by atoms with Crippen LogP contribution in [0, 0.1) is 5.92 Å². The summed E-state index contributed by atoms with van der Waals surface area (Å²) in [6, 6.07) is 27.5. The molecule has 216 valence electrons. The molecule has 6 heteroatoms. The topological polar surface area (TPSA) is 56.7 Å². The standard InChI is InChI=1S/C36H39N3O3/c1-40-34(41-2)21-26-17-19-39(20-18-26)36-37-23-30(24-38-36)35-32(28-11-7-4-8-12-28)15-13-29-22-31(14-16-33(29)35)42-25-27-9-5-3-6-10-27/h3-12,14,16,22-24,26,34H,13,15,17-21,25H2,1-2H3. The van der Waals surface area contributed by atoms with Crippen LogP contribution in [0.5, 0.6) is 5.75 Å². The molecule has 1 aromatic heterocycles. The summed E-state index contributed by atoms with van der Waals surface area (Å²) in [6.45, 7) is 2.44. The number of fused-ring (bicyclic) bond motifs is 1. The number of hydrogen-bond acceptors (Lipinski definition) is 6. The average molecular weight is 562 g/mol. The molecule has 1 saturated heterocycles. The van der Waals surface area contributed by atoms with Crippen molar-refractivity contribution in [3.63, 3.8) is 0 Å². The molecule has 2 aliphatic rings. The molecule has 0 unspecified atom stereocenters. The molecule has 3 aromatic carbocycles. The van der Waals surface area contributed by atoms with Crippen LogP contribution >= 0.6 is 0 Å². The van der Waals surface area contributed by atoms with E-state index >= 15 is 0 Å². The summed E-state index contributed by atoms with van der Waals surface area (Å²) in [4.78, 5) is 12.1. The highest BCUT2D eigenvalue weighted by atomic mass is 16.7. The maximum Gasteiger partial charge on any atom is 0.225 e. The first-order valence-corrected chi connectivity index (χ1v) is 14.9. The molecular formula is C36H39N3O3. The summed E-state index contributed by atoms with van der Waals surface area (Å²) in [5.41, 5.74) is 8.55. The molecular weight excluding hydrogens is 522 g/mol. The molecule has 0 spiro atoms. The minimum absolute atomic E-state index is 0.131. The number of rotatable bonds is 10. The van der Waals surface area contributed by atoms with Gasteiger partial charge in [0.2, 0.25) is 5.95 Å². The zero-order chi connectivity index (χ0) is 28.7. The van der Waals surface area contributed by atoms with E-state index in [1.54, 1.807) is 14.2 Å². The quantitative estimate of drug-likeness (QED) is 0.191. The highest BCUT2D eigenvalue weighted by Crippen LogP contribution is 2.41. The molecule has 0 amide bonds. The molecule has 0 N–H and O–H groups in total. The second-order valence-corrected chi connectivity index (χ2v) is 11.2. The number of aromatic nitrogens is 2. The van der Waals surface area contributed by atoms with E-state index in [1.807, 2.05) is 30.6 Å². The zero-order valence-electron chi connectivity index (χ0n) is 24.5. The Labute approximate surface area is 249 Å². The lowest BCUT2D eigenvalue weighted by Gasteiger charge is -2.33. The van der Waals surface area contributed by atoms with Crippen molar-refractivity contribution >= 4 is 17.1 Å². The Morgan fingerprint density at radius 3 is 2.19 bits per heavy atom. The fourth-order valence-corrected chi connectivity index (χ4v) is 6.20. The summed E-state index contributed by atoms with van der Waals surface area (Å²) in [5.74, 6) is 2.29. The molecule has 1 fully saturated rings. The number of hydrogen-bond donors (Lipinski definition) is 0. The molecule has 1 aliphatic heterocycles. The third-order valence-corrected chi connectivity index (χ3v) is 8.54. The summed E-state index contributed by atoms with van der Waals surface area (Å²) < 4.78 is 17.0. The molecule has 0 radical (unpaired) electrons. The number of nitrogens with zero attached hydrogens (tertiary/aromatic N) is 3. The molecule has 0 bridgehead atoms. The predicted molar refractivity (Wildman–Crippen MR) is 167 cm³/mol. The number of aryl methyl sites for hydroxylation is 1. The van der Waals surface area contributed by atoms with Gasteiger partial charge in [0, 0.05) is 51.7 Å². The summed E-state index contributed by atoms with van der Waals surface area (Å²) >= 11 is 0. The summed E-state index contributed by atoms with van der Waals surface area (Å²) in [7, 11) is 3.42. The van der Waals surface area contributed by atoms with Crippen LogP contribution in [-0.2, 0) is 22.5 Å². The highest BCUT2D eigenvalue weighted by Gasteiger charge is 2.25. The van der Waals surface area contributed by atoms with Crippen molar-refractivity contribution in [2.45, 2.75) is 45.0 Å². The Hall–Kier alpha value is -4.00. The Bertz CT molecular complexity index is 1480. The lowest BCUT2D eigenvalue weighted by atomic mass is 9.80. The third-order valence-electron chi connectivity index (χ3n) is 8.54. The number of anilines is 1. The first-order chi connectivity index (χ1) is 20.7. The summed E-state index contributed by atoms with van der Waals surface area (Å²) in [6.07, 6.45) is 8.89. The number of methoxy groups -OCH3 is 2. The van der Waals surface area contributed by atoms with Crippen LogP contribution in [-0.4, -0.2) is 43.6 Å².